The Morgan fingerprint density at radius 2 is 2.06 bits per heavy atom. The zero-order valence-corrected chi connectivity index (χ0v) is 18.3. The number of nitrogens with zero attached hydrogens (tertiary/aromatic N) is 6. The van der Waals surface area contributed by atoms with Crippen molar-refractivity contribution in [2.75, 3.05) is 6.61 Å². The number of imidazole rings is 1. The zero-order chi connectivity index (χ0) is 22.1. The maximum absolute atomic E-state index is 13.2. The Morgan fingerprint density at radius 3 is 2.81 bits per heavy atom. The fraction of sp³-hybridized carbons (Fsp3) is 0.435. The zero-order valence-electron chi connectivity index (χ0n) is 18.3. The van der Waals surface area contributed by atoms with Crippen LogP contribution in [0.3, 0.4) is 0 Å². The molecule has 4 aromatic rings. The van der Waals surface area contributed by atoms with Gasteiger partial charge < -0.3 is 9.47 Å². The monoisotopic (exact) mass is 432 g/mol. The van der Waals surface area contributed by atoms with Gasteiger partial charge in [-0.3, -0.25) is 9.20 Å². The van der Waals surface area contributed by atoms with Gasteiger partial charge in [-0.15, -0.1) is 0 Å². The van der Waals surface area contributed by atoms with Gasteiger partial charge in [0.05, 0.1) is 30.2 Å². The predicted molar refractivity (Wildman–Crippen MR) is 115 cm³/mol. The number of fused-ring (bicyclic) bond motifs is 3. The third kappa shape index (κ3) is 2.91. The third-order valence-electron chi connectivity index (χ3n) is 6.42. The van der Waals surface area contributed by atoms with Crippen LogP contribution in [0.4, 0.5) is 0 Å². The van der Waals surface area contributed by atoms with E-state index in [4.69, 9.17) is 14.5 Å². The molecule has 0 amide bonds. The summed E-state index contributed by atoms with van der Waals surface area (Å²) in [6.07, 6.45) is 9.17. The molecule has 7 rings (SSSR count). The molecule has 0 atom stereocenters. The summed E-state index contributed by atoms with van der Waals surface area (Å²) < 4.78 is 15.4. The van der Waals surface area contributed by atoms with Crippen molar-refractivity contribution in [2.45, 2.75) is 57.2 Å². The van der Waals surface area contributed by atoms with Gasteiger partial charge in [-0.05, 0) is 39.7 Å². The first kappa shape index (κ1) is 19.4. The van der Waals surface area contributed by atoms with Crippen LogP contribution in [0.2, 0.25) is 0 Å². The summed E-state index contributed by atoms with van der Waals surface area (Å²) in [4.78, 5) is 26.9. The molecule has 2 aliphatic heterocycles. The number of carbonyl (C=O) groups excluding carboxylic acids is 1. The molecule has 2 saturated heterocycles. The van der Waals surface area contributed by atoms with Crippen LogP contribution < -0.4 is 4.74 Å². The Balaban J connectivity index is 1.38. The van der Waals surface area contributed by atoms with E-state index in [0.29, 0.717) is 35.2 Å². The lowest BCUT2D eigenvalue weighted by molar-refractivity contribution is 0.0154. The standard InChI is InChI=1S/C23H24N6O3/c1-14(2)32-20-15(8-17(30)16-4-6-24-19-5-7-25-29(16)19)9-28-10-18(26-21(28)27-20)23-11-22(3,12-23)31-13-23/h4-7,9-10,14H,8,11-13H2,1-3H3. The highest BCUT2D eigenvalue weighted by Crippen LogP contribution is 2.58. The van der Waals surface area contributed by atoms with Crippen LogP contribution in [0.5, 0.6) is 5.88 Å². The summed E-state index contributed by atoms with van der Waals surface area (Å²) >= 11 is 0. The average Bonchev–Trinajstić information content (AvgIpc) is 3.48. The van der Waals surface area contributed by atoms with Crippen molar-refractivity contribution >= 4 is 17.2 Å². The van der Waals surface area contributed by atoms with Crippen molar-refractivity contribution < 1.29 is 14.3 Å². The smallest absolute Gasteiger partial charge is 0.237 e. The van der Waals surface area contributed by atoms with Crippen LogP contribution in [0.25, 0.3) is 11.4 Å². The molecule has 1 aliphatic carbocycles. The first-order valence-corrected chi connectivity index (χ1v) is 10.9. The van der Waals surface area contributed by atoms with E-state index in [9.17, 15) is 4.79 Å². The summed E-state index contributed by atoms with van der Waals surface area (Å²) in [7, 11) is 0. The molecule has 2 bridgehead atoms. The van der Waals surface area contributed by atoms with Gasteiger partial charge in [-0.2, -0.15) is 10.1 Å². The Kier molecular flexibility index (Phi) is 3.98. The molecular weight excluding hydrogens is 408 g/mol. The number of carbonyl (C=O) groups is 1. The molecule has 0 N–H and O–H groups in total. The van der Waals surface area contributed by atoms with Gasteiger partial charge in [0, 0.05) is 42.1 Å². The van der Waals surface area contributed by atoms with Gasteiger partial charge in [0.1, 0.15) is 5.69 Å². The molecular formula is C23H24N6O3. The van der Waals surface area contributed by atoms with Gasteiger partial charge >= 0.3 is 0 Å². The lowest BCUT2D eigenvalue weighted by Gasteiger charge is -2.41. The number of rotatable bonds is 6. The summed E-state index contributed by atoms with van der Waals surface area (Å²) in [5.74, 6) is 0.913. The number of hydrogen-bond donors (Lipinski definition) is 0. The topological polar surface area (TPSA) is 95.9 Å². The van der Waals surface area contributed by atoms with Crippen LogP contribution in [0.1, 0.15) is 55.4 Å². The lowest BCUT2D eigenvalue weighted by Crippen LogP contribution is -2.45. The molecule has 9 heteroatoms. The molecule has 32 heavy (non-hydrogen) atoms. The molecule has 4 aromatic heterocycles. The number of hydrogen-bond acceptors (Lipinski definition) is 7. The minimum atomic E-state index is -0.0891. The summed E-state index contributed by atoms with van der Waals surface area (Å²) in [5.41, 5.74) is 2.75. The Hall–Kier alpha value is -3.33. The van der Waals surface area contributed by atoms with E-state index in [0.717, 1.165) is 18.5 Å². The first-order valence-electron chi connectivity index (χ1n) is 10.9. The quantitative estimate of drug-likeness (QED) is 0.432. The normalized spacial score (nSPS) is 24.4. The van der Waals surface area contributed by atoms with Crippen LogP contribution in [0, 0.1) is 0 Å². The molecule has 9 nitrogen and oxygen atoms in total. The molecule has 0 unspecified atom stereocenters. The molecule has 0 spiro atoms. The van der Waals surface area contributed by atoms with Crippen molar-refractivity contribution in [3.8, 4) is 5.88 Å². The van der Waals surface area contributed by atoms with E-state index in [1.807, 2.05) is 30.6 Å². The summed E-state index contributed by atoms with van der Waals surface area (Å²) in [6, 6.07) is 3.45. The van der Waals surface area contributed by atoms with E-state index < -0.39 is 0 Å². The molecule has 0 aromatic carbocycles. The highest BCUT2D eigenvalue weighted by atomic mass is 16.5. The predicted octanol–water partition coefficient (Wildman–Crippen LogP) is 2.81. The van der Waals surface area contributed by atoms with E-state index in [1.54, 1.807) is 29.0 Å². The van der Waals surface area contributed by atoms with E-state index in [-0.39, 0.29) is 29.3 Å². The van der Waals surface area contributed by atoms with Crippen molar-refractivity contribution in [3.05, 3.63) is 53.9 Å². The fourth-order valence-corrected chi connectivity index (χ4v) is 5.11. The summed E-state index contributed by atoms with van der Waals surface area (Å²) in [6.45, 7) is 6.72. The first-order chi connectivity index (χ1) is 15.3. The van der Waals surface area contributed by atoms with Crippen LogP contribution in [-0.4, -0.2) is 53.1 Å². The molecule has 0 radical (unpaired) electrons. The molecule has 164 valence electrons. The second-order valence-corrected chi connectivity index (χ2v) is 9.48. The molecule has 3 aliphatic rings. The SMILES string of the molecule is CC(C)Oc1nc2nc(C34COC(C)(C3)C4)cn2cc1CC(=O)c1ccnc2ccnn12. The van der Waals surface area contributed by atoms with Crippen molar-refractivity contribution in [1.82, 2.24) is 29.0 Å². The molecule has 6 heterocycles. The van der Waals surface area contributed by atoms with Gasteiger partial charge in [0.2, 0.25) is 11.7 Å². The van der Waals surface area contributed by atoms with Gasteiger partial charge in [0.15, 0.2) is 11.4 Å². The largest absolute Gasteiger partial charge is 0.475 e. The Morgan fingerprint density at radius 1 is 1.22 bits per heavy atom. The number of Topliss-reactive ketones (excluding diaryl/α,β-unsaturated/α-hetero) is 1. The van der Waals surface area contributed by atoms with Crippen molar-refractivity contribution in [2.24, 2.45) is 0 Å². The van der Waals surface area contributed by atoms with Crippen LogP contribution in [-0.2, 0) is 16.6 Å². The van der Waals surface area contributed by atoms with Gasteiger partial charge in [-0.25, -0.2) is 14.5 Å². The van der Waals surface area contributed by atoms with E-state index in [2.05, 4.69) is 22.0 Å². The Labute approximate surface area is 184 Å². The minimum Gasteiger partial charge on any atom is -0.475 e. The van der Waals surface area contributed by atoms with Gasteiger partial charge in [-0.1, -0.05) is 0 Å². The number of ether oxygens (including phenoxy) is 2. The van der Waals surface area contributed by atoms with E-state index in [1.165, 1.54) is 0 Å². The number of aromatic nitrogens is 6. The van der Waals surface area contributed by atoms with E-state index >= 15 is 0 Å². The molecule has 1 saturated carbocycles. The average molecular weight is 432 g/mol. The third-order valence-corrected chi connectivity index (χ3v) is 6.42. The second kappa shape index (κ2) is 6.59. The highest BCUT2D eigenvalue weighted by Gasteiger charge is 2.61. The molecule has 3 fully saturated rings. The summed E-state index contributed by atoms with van der Waals surface area (Å²) in [5, 5.41) is 4.23. The van der Waals surface area contributed by atoms with Crippen molar-refractivity contribution in [3.63, 3.8) is 0 Å². The maximum atomic E-state index is 13.2. The van der Waals surface area contributed by atoms with Crippen LogP contribution >= 0.6 is 0 Å². The fourth-order valence-electron chi connectivity index (χ4n) is 5.11. The van der Waals surface area contributed by atoms with Crippen molar-refractivity contribution in [1.29, 1.82) is 0 Å². The number of ketones is 1. The highest BCUT2D eigenvalue weighted by molar-refractivity contribution is 5.96. The minimum absolute atomic E-state index is 0.0187. The van der Waals surface area contributed by atoms with Crippen LogP contribution in [0.15, 0.2) is 36.9 Å². The van der Waals surface area contributed by atoms with Gasteiger partial charge in [0.25, 0.3) is 0 Å². The Bertz CT molecular complexity index is 1360. The second-order valence-electron chi connectivity index (χ2n) is 9.48. The lowest BCUT2D eigenvalue weighted by atomic mass is 9.62. The maximum Gasteiger partial charge on any atom is 0.237 e.